The van der Waals surface area contributed by atoms with Crippen molar-refractivity contribution < 1.29 is 22.7 Å². The average molecular weight is 626 g/mol. The van der Waals surface area contributed by atoms with Crippen LogP contribution in [0.5, 0.6) is 5.75 Å². The third-order valence-electron chi connectivity index (χ3n) is 7.97. The van der Waals surface area contributed by atoms with E-state index in [9.17, 15) is 18.0 Å². The lowest BCUT2D eigenvalue weighted by molar-refractivity contribution is -0.140. The van der Waals surface area contributed by atoms with E-state index in [2.05, 4.69) is 5.32 Å². The highest BCUT2D eigenvalue weighted by atomic mass is 35.5. The predicted octanol–water partition coefficient (Wildman–Crippen LogP) is 6.11. The molecule has 0 unspecified atom stereocenters. The van der Waals surface area contributed by atoms with Crippen LogP contribution in [0.15, 0.2) is 77.7 Å². The topological polar surface area (TPSA) is 96.0 Å². The van der Waals surface area contributed by atoms with Crippen LogP contribution in [0.3, 0.4) is 0 Å². The van der Waals surface area contributed by atoms with Gasteiger partial charge in [-0.05, 0) is 73.7 Å². The number of nitrogens with one attached hydrogen (secondary N) is 1. The molecule has 1 atom stereocenters. The highest BCUT2D eigenvalue weighted by molar-refractivity contribution is 7.92. The number of carbonyl (C=O) groups is 2. The summed E-state index contributed by atoms with van der Waals surface area (Å²) in [6, 6.07) is 19.5. The number of benzene rings is 3. The minimum absolute atomic E-state index is 0.0472. The normalized spacial score (nSPS) is 14.5. The lowest BCUT2D eigenvalue weighted by Crippen LogP contribution is -2.54. The zero-order valence-electron chi connectivity index (χ0n) is 25.0. The van der Waals surface area contributed by atoms with Gasteiger partial charge in [0.2, 0.25) is 11.8 Å². The van der Waals surface area contributed by atoms with E-state index in [1.54, 1.807) is 62.6 Å². The first-order valence-corrected chi connectivity index (χ1v) is 16.5. The van der Waals surface area contributed by atoms with Crippen LogP contribution in [0.2, 0.25) is 5.02 Å². The molecule has 230 valence electrons. The van der Waals surface area contributed by atoms with E-state index >= 15 is 0 Å². The smallest absolute Gasteiger partial charge is 0.264 e. The molecule has 0 spiro atoms. The first kappa shape index (κ1) is 32.4. The summed E-state index contributed by atoms with van der Waals surface area (Å²) in [7, 11) is -2.59. The number of methoxy groups -OCH3 is 1. The Morgan fingerprint density at radius 2 is 1.65 bits per heavy atom. The van der Waals surface area contributed by atoms with E-state index in [-0.39, 0.29) is 23.4 Å². The number of amides is 2. The van der Waals surface area contributed by atoms with E-state index in [0.717, 1.165) is 42.0 Å². The molecule has 4 rings (SSSR count). The van der Waals surface area contributed by atoms with Gasteiger partial charge >= 0.3 is 0 Å². The lowest BCUT2D eigenvalue weighted by atomic mass is 9.95. The Balaban J connectivity index is 1.72. The summed E-state index contributed by atoms with van der Waals surface area (Å²) in [6.45, 7) is 3.19. The van der Waals surface area contributed by atoms with Crippen LogP contribution in [-0.2, 0) is 26.2 Å². The molecule has 0 saturated heterocycles. The molecule has 1 N–H and O–H groups in total. The van der Waals surface area contributed by atoms with E-state index in [4.69, 9.17) is 16.3 Å². The molecule has 8 nitrogen and oxygen atoms in total. The second-order valence-electron chi connectivity index (χ2n) is 10.8. The minimum Gasteiger partial charge on any atom is -0.497 e. The average Bonchev–Trinajstić information content (AvgIpc) is 3.02. The van der Waals surface area contributed by atoms with E-state index in [1.807, 2.05) is 19.1 Å². The second kappa shape index (κ2) is 14.8. The number of halogens is 1. The van der Waals surface area contributed by atoms with E-state index < -0.39 is 28.5 Å². The molecular weight excluding hydrogens is 586 g/mol. The zero-order chi connectivity index (χ0) is 31.0. The largest absolute Gasteiger partial charge is 0.497 e. The van der Waals surface area contributed by atoms with Crippen molar-refractivity contribution in [1.82, 2.24) is 10.2 Å². The highest BCUT2D eigenvalue weighted by Crippen LogP contribution is 2.31. The minimum atomic E-state index is -4.17. The summed E-state index contributed by atoms with van der Waals surface area (Å²) in [6.07, 6.45) is 5.45. The standard InChI is InChI=1S/C33H40ClN3O5S/c1-4-30(33(39)35-26-12-7-5-8-13-26)36(22-25-18-20-27(42-3)21-19-25)32(38)23-37(31-17-11-16-29(34)24(31)2)43(40,41)28-14-9-6-10-15-28/h6,9-11,14-21,26,30H,4-5,7-8,12-13,22-23H2,1-3H3,(H,35,39)/t30-/m0/s1. The zero-order valence-corrected chi connectivity index (χ0v) is 26.5. The molecule has 10 heteroatoms. The van der Waals surface area contributed by atoms with Gasteiger partial charge in [-0.25, -0.2) is 8.42 Å². The lowest BCUT2D eigenvalue weighted by Gasteiger charge is -2.34. The first-order chi connectivity index (χ1) is 20.6. The summed E-state index contributed by atoms with van der Waals surface area (Å²) in [4.78, 5) is 29.5. The molecular formula is C33H40ClN3O5S. The Morgan fingerprint density at radius 3 is 2.28 bits per heavy atom. The van der Waals surface area contributed by atoms with E-state index in [0.29, 0.717) is 28.4 Å². The van der Waals surface area contributed by atoms with Crippen LogP contribution in [0.25, 0.3) is 0 Å². The molecule has 3 aromatic carbocycles. The number of rotatable bonds is 12. The van der Waals surface area contributed by atoms with Crippen LogP contribution >= 0.6 is 11.6 Å². The fraction of sp³-hybridized carbons (Fsp3) is 0.394. The monoisotopic (exact) mass is 625 g/mol. The van der Waals surface area contributed by atoms with Gasteiger partial charge in [-0.3, -0.25) is 13.9 Å². The van der Waals surface area contributed by atoms with Crippen molar-refractivity contribution in [2.24, 2.45) is 0 Å². The van der Waals surface area contributed by atoms with Crippen LogP contribution in [-0.4, -0.2) is 50.9 Å². The van der Waals surface area contributed by atoms with Crippen LogP contribution in [0.1, 0.15) is 56.6 Å². The van der Waals surface area contributed by atoms with E-state index in [1.165, 1.54) is 17.0 Å². The van der Waals surface area contributed by atoms with Crippen LogP contribution < -0.4 is 14.4 Å². The Labute approximate surface area is 260 Å². The Bertz CT molecular complexity index is 1490. The van der Waals surface area contributed by atoms with Gasteiger partial charge in [0.15, 0.2) is 0 Å². The van der Waals surface area contributed by atoms with Crippen molar-refractivity contribution in [3.05, 3.63) is 88.9 Å². The summed E-state index contributed by atoms with van der Waals surface area (Å²) in [5.41, 5.74) is 1.61. The molecule has 3 aromatic rings. The number of anilines is 1. The second-order valence-corrected chi connectivity index (χ2v) is 13.1. The molecule has 1 fully saturated rings. The first-order valence-electron chi connectivity index (χ1n) is 14.7. The Morgan fingerprint density at radius 1 is 0.977 bits per heavy atom. The van der Waals surface area contributed by atoms with Gasteiger partial charge in [-0.15, -0.1) is 0 Å². The third-order valence-corrected chi connectivity index (χ3v) is 10.2. The molecule has 0 aliphatic heterocycles. The van der Waals surface area contributed by atoms with Gasteiger partial charge in [-0.2, -0.15) is 0 Å². The van der Waals surface area contributed by atoms with Crippen molar-refractivity contribution in [3.8, 4) is 5.75 Å². The van der Waals surface area contributed by atoms with Gasteiger partial charge in [0.25, 0.3) is 10.0 Å². The van der Waals surface area contributed by atoms with Gasteiger partial charge in [0.05, 0.1) is 17.7 Å². The van der Waals surface area contributed by atoms with Crippen molar-refractivity contribution in [1.29, 1.82) is 0 Å². The maximum Gasteiger partial charge on any atom is 0.264 e. The third kappa shape index (κ3) is 7.89. The van der Waals surface area contributed by atoms with Gasteiger partial charge in [0, 0.05) is 17.6 Å². The molecule has 1 saturated carbocycles. The van der Waals surface area contributed by atoms with Crippen LogP contribution in [0.4, 0.5) is 5.69 Å². The van der Waals surface area contributed by atoms with Gasteiger partial charge in [-0.1, -0.05) is 74.2 Å². The predicted molar refractivity (Wildman–Crippen MR) is 170 cm³/mol. The number of sulfonamides is 1. The maximum absolute atomic E-state index is 14.3. The fourth-order valence-corrected chi connectivity index (χ4v) is 7.15. The number of hydrogen-bond donors (Lipinski definition) is 1. The van der Waals surface area contributed by atoms with Crippen molar-refractivity contribution >= 4 is 39.1 Å². The van der Waals surface area contributed by atoms with Crippen LogP contribution in [0, 0.1) is 6.92 Å². The summed E-state index contributed by atoms with van der Waals surface area (Å²) < 4.78 is 34.5. The summed E-state index contributed by atoms with van der Waals surface area (Å²) in [5, 5.41) is 3.55. The van der Waals surface area contributed by atoms with Crippen molar-refractivity contribution in [2.45, 2.75) is 75.9 Å². The number of hydrogen-bond acceptors (Lipinski definition) is 5. The van der Waals surface area contributed by atoms with Gasteiger partial charge in [0.1, 0.15) is 18.3 Å². The SMILES string of the molecule is CC[C@@H](C(=O)NC1CCCCC1)N(Cc1ccc(OC)cc1)C(=O)CN(c1cccc(Cl)c1C)S(=O)(=O)c1ccccc1. The molecule has 0 heterocycles. The molecule has 43 heavy (non-hydrogen) atoms. The van der Waals surface area contributed by atoms with Crippen molar-refractivity contribution in [2.75, 3.05) is 18.0 Å². The van der Waals surface area contributed by atoms with Crippen molar-refractivity contribution in [3.63, 3.8) is 0 Å². The summed E-state index contributed by atoms with van der Waals surface area (Å²) >= 11 is 6.41. The molecule has 0 aromatic heterocycles. The maximum atomic E-state index is 14.3. The number of nitrogens with zero attached hydrogens (tertiary/aromatic N) is 2. The quantitative estimate of drug-likeness (QED) is 0.262. The molecule has 2 amide bonds. The molecule has 0 bridgehead atoms. The summed E-state index contributed by atoms with van der Waals surface area (Å²) in [5.74, 6) is -0.0618. The Kier molecular flexibility index (Phi) is 11.1. The Hall–Kier alpha value is -3.56. The number of ether oxygens (including phenoxy) is 1. The van der Waals surface area contributed by atoms with Gasteiger partial charge < -0.3 is 15.0 Å². The molecule has 1 aliphatic carbocycles. The fourth-order valence-electron chi connectivity index (χ4n) is 5.49. The highest BCUT2D eigenvalue weighted by Gasteiger charge is 2.35. The molecule has 1 aliphatic rings. The molecule has 0 radical (unpaired) electrons. The number of carbonyl (C=O) groups excluding carboxylic acids is 2.